The van der Waals surface area contributed by atoms with Crippen molar-refractivity contribution in [3.63, 3.8) is 0 Å². The maximum Gasteiger partial charge on any atom is 0.417 e. The first-order valence-corrected chi connectivity index (χ1v) is 28.6. The molecule has 0 amide bonds. The van der Waals surface area contributed by atoms with Crippen molar-refractivity contribution in [3.05, 3.63) is 168 Å². The third-order valence-corrected chi connectivity index (χ3v) is 17.1. The van der Waals surface area contributed by atoms with Gasteiger partial charge in [0.1, 0.15) is 11.3 Å². The Hall–Kier alpha value is -6.77. The van der Waals surface area contributed by atoms with E-state index in [1.54, 1.807) is 46.4 Å². The summed E-state index contributed by atoms with van der Waals surface area (Å²) in [4.78, 5) is 16.4. The highest BCUT2D eigenvalue weighted by Crippen LogP contribution is 2.44. The number of piperazine rings is 1. The number of likely N-dealkylation sites (N-methyl/N-ethyl adjacent to an activating group) is 1. The standard InChI is InChI=1S/C40H39F3N4S.C24H36FN5/c1-4-34-31(32-12-8-10-29(38(32)40(41,42)43)23-27-17-15-25(2)16-18-27)19-20-37(45-34)47-22-21-28-9-7-11-30(33(28)24-47)26(3)44-39-46-35-13-5-6-14-36(35)48-39;1-6-8-10-19(18(3)26-4)23-20-11-12-21(22(25)24(20)28(5)27-23)30-16-14-29(15-17-30)13-9-7-2/h4-14,19-20,25,27H,1,3,15-18,21-24H2,2H3,(H,44,46);6,11-12,19,26H,1,3,7-10,13-17H2,2,4-5H3. The fourth-order valence-electron chi connectivity index (χ4n) is 11.8. The lowest BCUT2D eigenvalue weighted by atomic mass is 9.79. The largest absolute Gasteiger partial charge is 0.417 e. The first kappa shape index (κ1) is 56.0. The van der Waals surface area contributed by atoms with Gasteiger partial charge >= 0.3 is 6.18 Å². The Balaban J connectivity index is 0.000000212. The maximum atomic E-state index is 15.7. The third-order valence-electron chi connectivity index (χ3n) is 16.2. The minimum Gasteiger partial charge on any atom is -0.391 e. The number of para-hydroxylation sites is 1. The van der Waals surface area contributed by atoms with Gasteiger partial charge in [-0.15, -0.1) is 6.58 Å². The molecule has 0 radical (unpaired) electrons. The molecule has 0 spiro atoms. The summed E-state index contributed by atoms with van der Waals surface area (Å²) >= 11 is 1.59. The molecule has 10 rings (SSSR count). The van der Waals surface area contributed by atoms with E-state index < -0.39 is 11.7 Å². The summed E-state index contributed by atoms with van der Waals surface area (Å²) in [6.45, 7) is 26.9. The highest BCUT2D eigenvalue weighted by molar-refractivity contribution is 7.22. The molecule has 1 atom stereocenters. The molecule has 14 heteroatoms. The van der Waals surface area contributed by atoms with Gasteiger partial charge in [-0.05, 0) is 128 Å². The summed E-state index contributed by atoms with van der Waals surface area (Å²) in [7, 11) is 3.70. The molecule has 5 heterocycles. The number of nitrogens with zero attached hydrogens (tertiary/aromatic N) is 7. The van der Waals surface area contributed by atoms with Gasteiger partial charge in [0.05, 0.1) is 32.9 Å². The number of thiazole rings is 1. The van der Waals surface area contributed by atoms with Crippen molar-refractivity contribution in [3.8, 4) is 11.1 Å². The molecule has 410 valence electrons. The van der Waals surface area contributed by atoms with Crippen molar-refractivity contribution in [2.45, 2.75) is 96.7 Å². The lowest BCUT2D eigenvalue weighted by Gasteiger charge is -2.36. The first-order chi connectivity index (χ1) is 37.7. The predicted molar refractivity (Wildman–Crippen MR) is 318 cm³/mol. The van der Waals surface area contributed by atoms with Crippen LogP contribution in [0, 0.1) is 17.7 Å². The monoisotopic (exact) mass is 1080 g/mol. The fraction of sp³-hybridized carbons (Fsp3) is 0.391. The quantitative estimate of drug-likeness (QED) is 0.0650. The van der Waals surface area contributed by atoms with Crippen molar-refractivity contribution in [1.29, 1.82) is 0 Å². The highest BCUT2D eigenvalue weighted by Gasteiger charge is 2.38. The van der Waals surface area contributed by atoms with Gasteiger partial charge in [-0.25, -0.2) is 14.4 Å². The topological polar surface area (TPSA) is 77.4 Å². The van der Waals surface area contributed by atoms with Gasteiger partial charge in [0.2, 0.25) is 0 Å². The second-order valence-corrected chi connectivity index (χ2v) is 22.4. The number of aryl methyl sites for hydroxylation is 1. The van der Waals surface area contributed by atoms with E-state index in [1.165, 1.54) is 18.4 Å². The molecule has 3 aromatic heterocycles. The van der Waals surface area contributed by atoms with Gasteiger partial charge in [-0.1, -0.05) is 119 Å². The molecule has 78 heavy (non-hydrogen) atoms. The second kappa shape index (κ2) is 24.9. The maximum absolute atomic E-state index is 15.7. The molecular formula is C64H75F4N9S. The van der Waals surface area contributed by atoms with E-state index in [0.717, 1.165) is 133 Å². The molecule has 9 nitrogen and oxygen atoms in total. The van der Waals surface area contributed by atoms with Crippen molar-refractivity contribution < 1.29 is 17.6 Å². The lowest BCUT2D eigenvalue weighted by molar-refractivity contribution is -0.137. The van der Waals surface area contributed by atoms with E-state index in [2.05, 4.69) is 89.8 Å². The molecule has 3 aliphatic rings. The smallest absolute Gasteiger partial charge is 0.391 e. The number of fused-ring (bicyclic) bond motifs is 3. The normalized spacial score (nSPS) is 17.3. The average molecular weight is 1080 g/mol. The number of rotatable bonds is 18. The summed E-state index contributed by atoms with van der Waals surface area (Å²) in [5, 5.41) is 13.0. The van der Waals surface area contributed by atoms with E-state index >= 15 is 4.39 Å². The van der Waals surface area contributed by atoms with Crippen LogP contribution in [0.3, 0.4) is 0 Å². The van der Waals surface area contributed by atoms with E-state index in [-0.39, 0.29) is 23.2 Å². The van der Waals surface area contributed by atoms with Crippen LogP contribution in [0.1, 0.15) is 110 Å². The van der Waals surface area contributed by atoms with Crippen LogP contribution in [0.15, 0.2) is 123 Å². The minimum absolute atomic E-state index is 0.0176. The molecule has 1 saturated heterocycles. The third kappa shape index (κ3) is 12.4. The fourth-order valence-corrected chi connectivity index (χ4v) is 12.6. The van der Waals surface area contributed by atoms with E-state index in [4.69, 9.17) is 15.1 Å². The van der Waals surface area contributed by atoms with Crippen LogP contribution in [0.4, 0.5) is 34.2 Å². The molecule has 2 N–H and O–H groups in total. The highest BCUT2D eigenvalue weighted by atomic mass is 32.1. The van der Waals surface area contributed by atoms with Crippen LogP contribution < -0.4 is 20.4 Å². The van der Waals surface area contributed by atoms with Crippen molar-refractivity contribution >= 4 is 60.9 Å². The number of alkyl halides is 3. The zero-order valence-corrected chi connectivity index (χ0v) is 46.7. The van der Waals surface area contributed by atoms with Gasteiger partial charge in [0, 0.05) is 87.2 Å². The minimum atomic E-state index is -4.49. The molecule has 0 bridgehead atoms. The number of anilines is 3. The molecule has 1 saturated carbocycles. The Bertz CT molecular complexity index is 3230. The Morgan fingerprint density at radius 2 is 1.64 bits per heavy atom. The molecule has 2 aliphatic heterocycles. The molecule has 1 aliphatic carbocycles. The van der Waals surface area contributed by atoms with Crippen molar-refractivity contribution in [2.24, 2.45) is 18.9 Å². The number of allylic oxidation sites excluding steroid dienone is 2. The SMILES string of the molecule is C=CCCC(C(=C)NC)c1nn(C)c2c(F)c(N3CCN(CCCC)CC3)ccc12.C=Cc1nc(N2CCc3cccc(C(=C)Nc4nc5ccccc5s4)c3C2)ccc1-c1cccc(CC2CCC(C)CC2)c1C(F)(F)F. The molecule has 4 aromatic carbocycles. The van der Waals surface area contributed by atoms with E-state index in [1.807, 2.05) is 56.6 Å². The van der Waals surface area contributed by atoms with Crippen molar-refractivity contribution in [2.75, 3.05) is 61.4 Å². The predicted octanol–water partition coefficient (Wildman–Crippen LogP) is 15.5. The number of hydrogen-bond acceptors (Lipinski definition) is 9. The zero-order valence-electron chi connectivity index (χ0n) is 45.9. The Morgan fingerprint density at radius 3 is 2.36 bits per heavy atom. The summed E-state index contributed by atoms with van der Waals surface area (Å²) in [5.74, 6) is 1.47. The first-order valence-electron chi connectivity index (χ1n) is 27.8. The summed E-state index contributed by atoms with van der Waals surface area (Å²) in [6.07, 6.45) is 8.48. The summed E-state index contributed by atoms with van der Waals surface area (Å²) in [5.41, 5.74) is 9.04. The number of nitrogens with one attached hydrogen (secondary N) is 2. The van der Waals surface area contributed by atoms with Crippen molar-refractivity contribution in [1.82, 2.24) is 30.0 Å². The number of hydrogen-bond donors (Lipinski definition) is 2. The lowest BCUT2D eigenvalue weighted by Crippen LogP contribution is -2.46. The number of unbranched alkanes of at least 4 members (excludes halogenated alkanes) is 1. The van der Waals surface area contributed by atoms with Gasteiger partial charge in [0.15, 0.2) is 10.9 Å². The van der Waals surface area contributed by atoms with Crippen LogP contribution in [-0.2, 0) is 32.6 Å². The second-order valence-electron chi connectivity index (χ2n) is 21.4. The summed E-state index contributed by atoms with van der Waals surface area (Å²) in [6, 6.07) is 26.9. The zero-order chi connectivity index (χ0) is 55.1. The van der Waals surface area contributed by atoms with Gasteiger partial charge in [-0.3, -0.25) is 9.58 Å². The van der Waals surface area contributed by atoms with Crippen LogP contribution in [0.2, 0.25) is 0 Å². The van der Waals surface area contributed by atoms with E-state index in [9.17, 15) is 13.2 Å². The van der Waals surface area contributed by atoms with Gasteiger partial charge < -0.3 is 20.4 Å². The number of benzene rings is 4. The van der Waals surface area contributed by atoms with Crippen LogP contribution in [-0.4, -0.2) is 71.0 Å². The van der Waals surface area contributed by atoms with Crippen LogP contribution in [0.5, 0.6) is 0 Å². The number of aromatic nitrogens is 4. The van der Waals surface area contributed by atoms with Crippen LogP contribution in [0.25, 0.3) is 44.0 Å². The Labute approximate surface area is 462 Å². The average Bonchev–Trinajstić information content (AvgIpc) is 4.06. The van der Waals surface area contributed by atoms with E-state index in [0.29, 0.717) is 52.7 Å². The van der Waals surface area contributed by atoms with Gasteiger partial charge in [-0.2, -0.15) is 18.3 Å². The molecular weight excluding hydrogens is 1000 g/mol. The molecule has 2 fully saturated rings. The molecule has 1 unspecified atom stereocenters. The number of pyridine rings is 1. The van der Waals surface area contributed by atoms with Crippen LogP contribution >= 0.6 is 11.3 Å². The number of halogens is 4. The Kier molecular flexibility index (Phi) is 17.9. The van der Waals surface area contributed by atoms with Gasteiger partial charge in [0.25, 0.3) is 0 Å². The Morgan fingerprint density at radius 1 is 0.872 bits per heavy atom. The summed E-state index contributed by atoms with van der Waals surface area (Å²) < 4.78 is 62.8. The molecule has 7 aromatic rings.